The molecular formula is C55H36N2O. The van der Waals surface area contributed by atoms with E-state index in [0.29, 0.717) is 5.89 Å². The number of hydrogen-bond donors (Lipinski definition) is 0. The molecule has 58 heavy (non-hydrogen) atoms. The van der Waals surface area contributed by atoms with Crippen molar-refractivity contribution in [3.63, 3.8) is 0 Å². The molecule has 3 nitrogen and oxygen atoms in total. The van der Waals surface area contributed by atoms with E-state index in [1.165, 1.54) is 33.0 Å². The van der Waals surface area contributed by atoms with Crippen molar-refractivity contribution in [3.05, 3.63) is 218 Å². The van der Waals surface area contributed by atoms with Crippen molar-refractivity contribution in [2.75, 3.05) is 4.90 Å². The zero-order valence-electron chi connectivity index (χ0n) is 31.6. The zero-order chi connectivity index (χ0) is 38.4. The van der Waals surface area contributed by atoms with Crippen LogP contribution in [-0.4, -0.2) is 4.98 Å². The van der Waals surface area contributed by atoms with Gasteiger partial charge in [-0.25, -0.2) is 4.98 Å². The van der Waals surface area contributed by atoms with Crippen LogP contribution in [-0.2, 0) is 0 Å². The predicted molar refractivity (Wildman–Crippen MR) is 243 cm³/mol. The minimum atomic E-state index is 0.615. The fraction of sp³-hybridized carbons (Fsp3) is 0. The molecule has 1 aromatic heterocycles. The first-order valence-corrected chi connectivity index (χ1v) is 19.7. The number of rotatable bonds is 7. The Bertz CT molecular complexity index is 3240. The van der Waals surface area contributed by atoms with Crippen molar-refractivity contribution in [1.29, 1.82) is 0 Å². The molecule has 3 heteroatoms. The molecule has 0 saturated heterocycles. The second kappa shape index (κ2) is 14.1. The standard InChI is InChI=1S/C55H36N2O/c1-4-13-37(14-5-1)38-23-25-39(26-24-38)40-27-30-45(31-28-40)57(52-22-12-20-41-17-10-11-21-47(41)52)46-32-29-44-35-49(42-15-6-2-7-16-42)48-33-34-51-54(53(48)50(44)36-46)58-55(56-51)43-18-8-3-9-19-43/h1-36H. The molecule has 11 aromatic rings. The fourth-order valence-corrected chi connectivity index (χ4v) is 8.42. The first kappa shape index (κ1) is 33.6. The Hall–Kier alpha value is -7.75. The summed E-state index contributed by atoms with van der Waals surface area (Å²) in [6.07, 6.45) is 0. The van der Waals surface area contributed by atoms with Crippen LogP contribution in [0.25, 0.3) is 88.3 Å². The van der Waals surface area contributed by atoms with Crippen molar-refractivity contribution in [1.82, 2.24) is 4.98 Å². The Labute approximate surface area is 336 Å². The van der Waals surface area contributed by atoms with Crippen LogP contribution in [0, 0.1) is 0 Å². The molecule has 272 valence electrons. The minimum Gasteiger partial charge on any atom is -0.435 e. The summed E-state index contributed by atoms with van der Waals surface area (Å²) in [6.45, 7) is 0. The molecule has 0 bridgehead atoms. The van der Waals surface area contributed by atoms with E-state index in [-0.39, 0.29) is 0 Å². The number of hydrogen-bond acceptors (Lipinski definition) is 3. The molecule has 0 aliphatic carbocycles. The smallest absolute Gasteiger partial charge is 0.227 e. The molecule has 0 spiro atoms. The molecule has 0 fully saturated rings. The molecule has 10 aromatic carbocycles. The fourth-order valence-electron chi connectivity index (χ4n) is 8.42. The van der Waals surface area contributed by atoms with Crippen molar-refractivity contribution in [2.45, 2.75) is 0 Å². The maximum absolute atomic E-state index is 6.76. The number of benzene rings is 10. The summed E-state index contributed by atoms with van der Waals surface area (Å²) < 4.78 is 6.76. The lowest BCUT2D eigenvalue weighted by atomic mass is 9.92. The van der Waals surface area contributed by atoms with Crippen molar-refractivity contribution < 1.29 is 4.42 Å². The molecular weight excluding hydrogens is 705 g/mol. The third-order valence-corrected chi connectivity index (χ3v) is 11.3. The van der Waals surface area contributed by atoms with E-state index in [4.69, 9.17) is 9.40 Å². The third kappa shape index (κ3) is 5.89. The maximum atomic E-state index is 6.76. The normalized spacial score (nSPS) is 11.4. The van der Waals surface area contributed by atoms with Gasteiger partial charge in [0.05, 0.1) is 5.69 Å². The Morgan fingerprint density at radius 2 is 0.931 bits per heavy atom. The number of nitrogens with zero attached hydrogens (tertiary/aromatic N) is 2. The van der Waals surface area contributed by atoms with E-state index in [1.807, 2.05) is 30.3 Å². The zero-order valence-corrected chi connectivity index (χ0v) is 31.6. The first-order valence-electron chi connectivity index (χ1n) is 19.7. The summed E-state index contributed by atoms with van der Waals surface area (Å²) in [6, 6.07) is 77.7. The minimum absolute atomic E-state index is 0.615. The summed E-state index contributed by atoms with van der Waals surface area (Å²) in [4.78, 5) is 7.39. The van der Waals surface area contributed by atoms with Crippen molar-refractivity contribution in [3.8, 4) is 44.8 Å². The molecule has 0 amide bonds. The van der Waals surface area contributed by atoms with Crippen LogP contribution in [0.4, 0.5) is 17.1 Å². The lowest BCUT2D eigenvalue weighted by Crippen LogP contribution is -2.10. The van der Waals surface area contributed by atoms with E-state index in [2.05, 4.69) is 193 Å². The van der Waals surface area contributed by atoms with Gasteiger partial charge in [0.25, 0.3) is 0 Å². The number of aromatic nitrogens is 1. The van der Waals surface area contributed by atoms with Crippen LogP contribution in [0.3, 0.4) is 0 Å². The summed E-state index contributed by atoms with van der Waals surface area (Å²) in [5.41, 5.74) is 12.9. The number of anilines is 3. The monoisotopic (exact) mass is 740 g/mol. The molecule has 0 N–H and O–H groups in total. The van der Waals surface area contributed by atoms with Crippen molar-refractivity contribution in [2.24, 2.45) is 0 Å². The highest BCUT2D eigenvalue weighted by Gasteiger charge is 2.20. The van der Waals surface area contributed by atoms with Gasteiger partial charge in [-0.1, -0.05) is 164 Å². The van der Waals surface area contributed by atoms with E-state index < -0.39 is 0 Å². The Morgan fingerprint density at radius 3 is 1.64 bits per heavy atom. The topological polar surface area (TPSA) is 29.3 Å². The van der Waals surface area contributed by atoms with E-state index >= 15 is 0 Å². The van der Waals surface area contributed by atoms with Gasteiger partial charge in [0.2, 0.25) is 5.89 Å². The Kier molecular flexibility index (Phi) is 8.15. The van der Waals surface area contributed by atoms with Gasteiger partial charge >= 0.3 is 0 Å². The van der Waals surface area contributed by atoms with Gasteiger partial charge in [-0.3, -0.25) is 0 Å². The van der Waals surface area contributed by atoms with Crippen LogP contribution in [0.5, 0.6) is 0 Å². The van der Waals surface area contributed by atoms with E-state index in [0.717, 1.165) is 66.4 Å². The summed E-state index contributed by atoms with van der Waals surface area (Å²) in [7, 11) is 0. The number of oxazole rings is 1. The van der Waals surface area contributed by atoms with Gasteiger partial charge in [0.15, 0.2) is 5.58 Å². The second-order valence-electron chi connectivity index (χ2n) is 14.7. The largest absolute Gasteiger partial charge is 0.435 e. The second-order valence-corrected chi connectivity index (χ2v) is 14.7. The maximum Gasteiger partial charge on any atom is 0.227 e. The quantitative estimate of drug-likeness (QED) is 0.152. The Morgan fingerprint density at radius 1 is 0.362 bits per heavy atom. The van der Waals surface area contributed by atoms with Crippen LogP contribution in [0.2, 0.25) is 0 Å². The first-order chi connectivity index (χ1) is 28.7. The van der Waals surface area contributed by atoms with Crippen LogP contribution >= 0.6 is 0 Å². The highest BCUT2D eigenvalue weighted by molar-refractivity contribution is 6.23. The molecule has 0 radical (unpaired) electrons. The number of fused-ring (bicyclic) bond motifs is 6. The highest BCUT2D eigenvalue weighted by Crippen LogP contribution is 2.45. The van der Waals surface area contributed by atoms with Crippen LogP contribution in [0.1, 0.15) is 0 Å². The molecule has 0 aliphatic rings. The Balaban J connectivity index is 1.11. The van der Waals surface area contributed by atoms with Gasteiger partial charge in [0.1, 0.15) is 5.52 Å². The molecule has 0 saturated carbocycles. The molecule has 1 heterocycles. The van der Waals surface area contributed by atoms with Gasteiger partial charge in [-0.2, -0.15) is 0 Å². The summed E-state index contributed by atoms with van der Waals surface area (Å²) in [5.74, 6) is 0.615. The molecule has 11 rings (SSSR count). The lowest BCUT2D eigenvalue weighted by molar-refractivity contribution is 0.623. The molecule has 0 aliphatic heterocycles. The third-order valence-electron chi connectivity index (χ3n) is 11.3. The van der Waals surface area contributed by atoms with Crippen LogP contribution < -0.4 is 4.90 Å². The lowest BCUT2D eigenvalue weighted by Gasteiger charge is -2.27. The summed E-state index contributed by atoms with van der Waals surface area (Å²) >= 11 is 0. The van der Waals surface area contributed by atoms with Gasteiger partial charge in [-0.05, 0) is 110 Å². The van der Waals surface area contributed by atoms with Gasteiger partial charge < -0.3 is 9.32 Å². The van der Waals surface area contributed by atoms with E-state index in [9.17, 15) is 0 Å². The average molecular weight is 741 g/mol. The van der Waals surface area contributed by atoms with Crippen molar-refractivity contribution >= 4 is 60.5 Å². The predicted octanol–water partition coefficient (Wildman–Crippen LogP) is 15.4. The van der Waals surface area contributed by atoms with Gasteiger partial charge in [-0.15, -0.1) is 0 Å². The molecule has 0 atom stereocenters. The average Bonchev–Trinajstić information content (AvgIpc) is 3.75. The summed E-state index contributed by atoms with van der Waals surface area (Å²) in [5, 5.41) is 6.79. The van der Waals surface area contributed by atoms with Crippen LogP contribution in [0.15, 0.2) is 223 Å². The highest BCUT2D eigenvalue weighted by atomic mass is 16.3. The van der Waals surface area contributed by atoms with Gasteiger partial charge in [0, 0.05) is 27.7 Å². The molecule has 0 unspecified atom stereocenters. The SMILES string of the molecule is c1ccc(-c2ccc(-c3ccc(N(c4ccc5cc(-c6ccccc6)c6ccc7nc(-c8ccccc8)oc7c6c5c4)c4cccc5ccccc45)cc3)cc2)cc1. The van der Waals surface area contributed by atoms with E-state index in [1.54, 1.807) is 0 Å².